The molecule has 2 heteroatoms. The Balaban J connectivity index is 2.47. The summed E-state index contributed by atoms with van der Waals surface area (Å²) in [7, 11) is 0. The predicted molar refractivity (Wildman–Crippen MR) is 70.4 cm³/mol. The fourth-order valence-corrected chi connectivity index (χ4v) is 1.63. The molecule has 1 nitrogen and oxygen atoms in total. The number of benzene rings is 1. The Kier molecular flexibility index (Phi) is 5.19. The van der Waals surface area contributed by atoms with E-state index < -0.39 is 0 Å². The van der Waals surface area contributed by atoms with Gasteiger partial charge in [-0.15, -0.1) is 6.58 Å². The van der Waals surface area contributed by atoms with Gasteiger partial charge in [-0.25, -0.2) is 0 Å². The first kappa shape index (κ1) is 11.7. The van der Waals surface area contributed by atoms with E-state index >= 15 is 0 Å². The average molecular weight is 301 g/mol. The van der Waals surface area contributed by atoms with E-state index in [2.05, 4.69) is 65.7 Å². The molecule has 76 valence electrons. The van der Waals surface area contributed by atoms with Crippen molar-refractivity contribution < 1.29 is 0 Å². The maximum absolute atomic E-state index is 3.70. The van der Waals surface area contributed by atoms with Gasteiger partial charge in [-0.2, -0.15) is 0 Å². The lowest BCUT2D eigenvalue weighted by Crippen LogP contribution is -2.19. The molecule has 14 heavy (non-hydrogen) atoms. The molecular weight excluding hydrogens is 285 g/mol. The smallest absolute Gasteiger partial charge is 0.0291 e. The molecule has 0 aromatic heterocycles. The SMILES string of the molecule is C=CCCNC(C)c1ccc(I)cc1. The van der Waals surface area contributed by atoms with Gasteiger partial charge < -0.3 is 5.32 Å². The second-order valence-electron chi connectivity index (χ2n) is 3.30. The van der Waals surface area contributed by atoms with Crippen LogP contribution in [-0.4, -0.2) is 6.54 Å². The summed E-state index contributed by atoms with van der Waals surface area (Å²) in [5, 5.41) is 3.45. The zero-order valence-electron chi connectivity index (χ0n) is 8.46. The normalized spacial score (nSPS) is 12.4. The van der Waals surface area contributed by atoms with Crippen molar-refractivity contribution in [3.05, 3.63) is 46.1 Å². The molecule has 0 radical (unpaired) electrons. The topological polar surface area (TPSA) is 12.0 Å². The Morgan fingerprint density at radius 1 is 1.43 bits per heavy atom. The van der Waals surface area contributed by atoms with Crippen molar-refractivity contribution in [1.29, 1.82) is 0 Å². The van der Waals surface area contributed by atoms with Crippen LogP contribution in [0.25, 0.3) is 0 Å². The summed E-state index contributed by atoms with van der Waals surface area (Å²) in [6.07, 6.45) is 2.96. The van der Waals surface area contributed by atoms with E-state index in [0.29, 0.717) is 6.04 Å². The maximum Gasteiger partial charge on any atom is 0.0291 e. The largest absolute Gasteiger partial charge is 0.310 e. The van der Waals surface area contributed by atoms with Crippen LogP contribution in [0.15, 0.2) is 36.9 Å². The van der Waals surface area contributed by atoms with Crippen molar-refractivity contribution in [2.24, 2.45) is 0 Å². The molecule has 1 atom stereocenters. The van der Waals surface area contributed by atoms with Crippen LogP contribution in [0, 0.1) is 3.57 Å². The summed E-state index contributed by atoms with van der Waals surface area (Å²) >= 11 is 2.32. The minimum Gasteiger partial charge on any atom is -0.310 e. The van der Waals surface area contributed by atoms with Gasteiger partial charge in [0.25, 0.3) is 0 Å². The molecule has 0 heterocycles. The summed E-state index contributed by atoms with van der Waals surface area (Å²) in [6.45, 7) is 6.88. The maximum atomic E-state index is 3.70. The highest BCUT2D eigenvalue weighted by Gasteiger charge is 2.02. The second-order valence-corrected chi connectivity index (χ2v) is 4.55. The minimum atomic E-state index is 0.423. The van der Waals surface area contributed by atoms with Gasteiger partial charge in [0.05, 0.1) is 0 Å². The van der Waals surface area contributed by atoms with Crippen LogP contribution in [0.2, 0.25) is 0 Å². The molecule has 0 saturated heterocycles. The Bertz CT molecular complexity index is 279. The van der Waals surface area contributed by atoms with Crippen LogP contribution in [0.1, 0.15) is 24.9 Å². The lowest BCUT2D eigenvalue weighted by Gasteiger charge is -2.13. The van der Waals surface area contributed by atoms with Crippen LogP contribution >= 0.6 is 22.6 Å². The Hall–Kier alpha value is -0.350. The van der Waals surface area contributed by atoms with Crippen molar-refractivity contribution in [2.75, 3.05) is 6.54 Å². The molecule has 0 spiro atoms. The van der Waals surface area contributed by atoms with Gasteiger partial charge >= 0.3 is 0 Å². The van der Waals surface area contributed by atoms with Crippen molar-refractivity contribution in [3.63, 3.8) is 0 Å². The summed E-state index contributed by atoms with van der Waals surface area (Å²) < 4.78 is 1.28. The number of nitrogens with one attached hydrogen (secondary N) is 1. The number of rotatable bonds is 5. The molecule has 0 fully saturated rings. The van der Waals surface area contributed by atoms with Crippen LogP contribution in [-0.2, 0) is 0 Å². The quantitative estimate of drug-likeness (QED) is 0.498. The lowest BCUT2D eigenvalue weighted by atomic mass is 10.1. The summed E-state index contributed by atoms with van der Waals surface area (Å²) in [5.41, 5.74) is 1.34. The van der Waals surface area contributed by atoms with Crippen LogP contribution in [0.4, 0.5) is 0 Å². The monoisotopic (exact) mass is 301 g/mol. The molecule has 0 aliphatic heterocycles. The van der Waals surface area contributed by atoms with Gasteiger partial charge in [-0.3, -0.25) is 0 Å². The van der Waals surface area contributed by atoms with Crippen molar-refractivity contribution in [1.82, 2.24) is 5.32 Å². The highest BCUT2D eigenvalue weighted by molar-refractivity contribution is 14.1. The highest BCUT2D eigenvalue weighted by atomic mass is 127. The van der Waals surface area contributed by atoms with E-state index in [1.165, 1.54) is 9.13 Å². The summed E-state index contributed by atoms with van der Waals surface area (Å²) in [4.78, 5) is 0. The average Bonchev–Trinajstić information content (AvgIpc) is 2.19. The molecule has 1 aromatic rings. The Morgan fingerprint density at radius 3 is 2.64 bits per heavy atom. The van der Waals surface area contributed by atoms with E-state index in [1.54, 1.807) is 0 Å². The zero-order valence-corrected chi connectivity index (χ0v) is 10.6. The minimum absolute atomic E-state index is 0.423. The Labute approximate surface area is 99.7 Å². The molecule has 0 bridgehead atoms. The van der Waals surface area contributed by atoms with E-state index in [9.17, 15) is 0 Å². The Morgan fingerprint density at radius 2 is 2.07 bits per heavy atom. The first-order valence-corrected chi connectivity index (χ1v) is 5.91. The van der Waals surface area contributed by atoms with E-state index in [0.717, 1.165) is 13.0 Å². The molecule has 1 aromatic carbocycles. The molecule has 1 N–H and O–H groups in total. The van der Waals surface area contributed by atoms with Gasteiger partial charge in [0.1, 0.15) is 0 Å². The van der Waals surface area contributed by atoms with Crippen molar-refractivity contribution in [2.45, 2.75) is 19.4 Å². The van der Waals surface area contributed by atoms with E-state index in [-0.39, 0.29) is 0 Å². The van der Waals surface area contributed by atoms with Crippen molar-refractivity contribution in [3.8, 4) is 0 Å². The fourth-order valence-electron chi connectivity index (χ4n) is 1.27. The van der Waals surface area contributed by atoms with Gasteiger partial charge in [-0.1, -0.05) is 18.2 Å². The third kappa shape index (κ3) is 3.80. The standard InChI is InChI=1S/C12H16IN/c1-3-4-9-14-10(2)11-5-7-12(13)8-6-11/h3,5-8,10,14H,1,4,9H2,2H3. The first-order chi connectivity index (χ1) is 6.74. The van der Waals surface area contributed by atoms with Crippen LogP contribution < -0.4 is 5.32 Å². The van der Waals surface area contributed by atoms with Gasteiger partial charge in [0, 0.05) is 9.61 Å². The first-order valence-electron chi connectivity index (χ1n) is 4.84. The molecule has 0 saturated carbocycles. The molecule has 0 amide bonds. The third-order valence-corrected chi connectivity index (χ3v) is 2.89. The van der Waals surface area contributed by atoms with Crippen molar-refractivity contribution >= 4 is 22.6 Å². The second kappa shape index (κ2) is 6.19. The summed E-state index contributed by atoms with van der Waals surface area (Å²) in [5.74, 6) is 0. The lowest BCUT2D eigenvalue weighted by molar-refractivity contribution is 0.581. The van der Waals surface area contributed by atoms with Crippen LogP contribution in [0.3, 0.4) is 0 Å². The van der Waals surface area contributed by atoms with E-state index in [1.807, 2.05) is 6.08 Å². The van der Waals surface area contributed by atoms with Crippen LogP contribution in [0.5, 0.6) is 0 Å². The summed E-state index contributed by atoms with van der Waals surface area (Å²) in [6, 6.07) is 9.05. The van der Waals surface area contributed by atoms with Gasteiger partial charge in [0.2, 0.25) is 0 Å². The highest BCUT2D eigenvalue weighted by Crippen LogP contribution is 2.14. The van der Waals surface area contributed by atoms with Gasteiger partial charge in [0.15, 0.2) is 0 Å². The molecule has 0 aliphatic carbocycles. The molecule has 1 unspecified atom stereocenters. The predicted octanol–water partition coefficient (Wildman–Crippen LogP) is 3.52. The fraction of sp³-hybridized carbons (Fsp3) is 0.333. The van der Waals surface area contributed by atoms with Gasteiger partial charge in [-0.05, 0) is 60.2 Å². The number of hydrogen-bond acceptors (Lipinski definition) is 1. The molecule has 0 aliphatic rings. The molecule has 1 rings (SSSR count). The van der Waals surface area contributed by atoms with E-state index in [4.69, 9.17) is 0 Å². The number of hydrogen-bond donors (Lipinski definition) is 1. The third-order valence-electron chi connectivity index (χ3n) is 2.17. The number of halogens is 1. The zero-order chi connectivity index (χ0) is 10.4. The molecular formula is C12H16IN.